The number of hydrogen-bond donors (Lipinski definition) is 1. The van der Waals surface area contributed by atoms with Crippen LogP contribution in [0.3, 0.4) is 0 Å². The van der Waals surface area contributed by atoms with Gasteiger partial charge in [-0.25, -0.2) is 0 Å². The molecule has 1 saturated heterocycles. The van der Waals surface area contributed by atoms with Gasteiger partial charge in [-0.1, -0.05) is 17.7 Å². The van der Waals surface area contributed by atoms with Gasteiger partial charge >= 0.3 is 5.97 Å². The van der Waals surface area contributed by atoms with Crippen molar-refractivity contribution in [1.29, 1.82) is 0 Å². The number of nitrogens with zero attached hydrogens (tertiary/aromatic N) is 1. The Bertz CT molecular complexity index is 908. The van der Waals surface area contributed by atoms with Crippen LogP contribution in [0.25, 0.3) is 0 Å². The van der Waals surface area contributed by atoms with Crippen LogP contribution in [-0.2, 0) is 19.1 Å². The Hall–Kier alpha value is -3.35. The van der Waals surface area contributed by atoms with Crippen LogP contribution in [0.2, 0.25) is 0 Å². The minimum atomic E-state index is -0.979. The lowest BCUT2D eigenvalue weighted by Crippen LogP contribution is -2.33. The molecule has 0 aromatic heterocycles. The average molecular weight is 410 g/mol. The topological polar surface area (TPSA) is 84.9 Å². The SMILES string of the molecule is CCOc1ccc(NC(=O)[C@@H](C)OC(=O)[C@@H]2CC(=O)N(c3ccc(C)cc3)C2)cc1. The normalized spacial score (nSPS) is 16.8. The van der Waals surface area contributed by atoms with Gasteiger partial charge in [-0.3, -0.25) is 14.4 Å². The predicted octanol–water partition coefficient (Wildman–Crippen LogP) is 3.32. The Labute approximate surface area is 176 Å². The molecule has 1 N–H and O–H groups in total. The summed E-state index contributed by atoms with van der Waals surface area (Å²) < 4.78 is 10.7. The van der Waals surface area contributed by atoms with E-state index in [0.717, 1.165) is 11.3 Å². The number of ether oxygens (including phenoxy) is 2. The van der Waals surface area contributed by atoms with E-state index in [9.17, 15) is 14.4 Å². The van der Waals surface area contributed by atoms with E-state index in [0.29, 0.717) is 18.0 Å². The van der Waals surface area contributed by atoms with E-state index < -0.39 is 23.9 Å². The maximum Gasteiger partial charge on any atom is 0.312 e. The van der Waals surface area contributed by atoms with Gasteiger partial charge in [0.15, 0.2) is 6.10 Å². The fourth-order valence-corrected chi connectivity index (χ4v) is 3.21. The minimum Gasteiger partial charge on any atom is -0.494 e. The summed E-state index contributed by atoms with van der Waals surface area (Å²) in [6.45, 7) is 6.17. The molecule has 2 amide bonds. The standard InChI is InChI=1S/C23H26N2O5/c1-4-29-20-11-7-18(8-12-20)24-22(27)16(3)30-23(28)17-13-21(26)25(14-17)19-9-5-15(2)6-10-19/h5-12,16-17H,4,13-14H2,1-3H3,(H,24,27)/t16-,17-/m1/s1. The van der Waals surface area contributed by atoms with Gasteiger partial charge in [0.2, 0.25) is 5.91 Å². The monoisotopic (exact) mass is 410 g/mol. The third-order valence-electron chi connectivity index (χ3n) is 4.90. The average Bonchev–Trinajstić information content (AvgIpc) is 3.12. The Morgan fingerprint density at radius 1 is 1.13 bits per heavy atom. The van der Waals surface area contributed by atoms with Crippen molar-refractivity contribution in [3.05, 3.63) is 54.1 Å². The van der Waals surface area contributed by atoms with Crippen LogP contribution in [-0.4, -0.2) is 37.0 Å². The van der Waals surface area contributed by atoms with E-state index in [1.807, 2.05) is 38.1 Å². The second-order valence-corrected chi connectivity index (χ2v) is 7.27. The number of esters is 1. The van der Waals surface area contributed by atoms with Gasteiger partial charge in [-0.2, -0.15) is 0 Å². The summed E-state index contributed by atoms with van der Waals surface area (Å²) in [4.78, 5) is 38.8. The van der Waals surface area contributed by atoms with Gasteiger partial charge in [0.05, 0.1) is 12.5 Å². The number of aryl methyl sites for hydroxylation is 1. The highest BCUT2D eigenvalue weighted by Crippen LogP contribution is 2.26. The zero-order chi connectivity index (χ0) is 21.7. The first-order chi connectivity index (χ1) is 14.4. The number of hydrogen-bond acceptors (Lipinski definition) is 5. The third kappa shape index (κ3) is 5.17. The lowest BCUT2D eigenvalue weighted by atomic mass is 10.1. The van der Waals surface area contributed by atoms with Crippen LogP contribution >= 0.6 is 0 Å². The molecule has 158 valence electrons. The Kier molecular flexibility index (Phi) is 6.72. The van der Waals surface area contributed by atoms with Crippen molar-refractivity contribution in [3.63, 3.8) is 0 Å². The number of benzene rings is 2. The molecular formula is C23H26N2O5. The van der Waals surface area contributed by atoms with Crippen LogP contribution in [0.1, 0.15) is 25.8 Å². The van der Waals surface area contributed by atoms with Gasteiger partial charge < -0.3 is 19.7 Å². The highest BCUT2D eigenvalue weighted by molar-refractivity contribution is 6.00. The van der Waals surface area contributed by atoms with Crippen molar-refractivity contribution in [2.24, 2.45) is 5.92 Å². The zero-order valence-electron chi connectivity index (χ0n) is 17.4. The number of carbonyl (C=O) groups excluding carboxylic acids is 3. The van der Waals surface area contributed by atoms with E-state index in [-0.39, 0.29) is 18.9 Å². The van der Waals surface area contributed by atoms with Crippen molar-refractivity contribution in [2.75, 3.05) is 23.4 Å². The fourth-order valence-electron chi connectivity index (χ4n) is 3.21. The van der Waals surface area contributed by atoms with Gasteiger partial charge in [0.25, 0.3) is 5.91 Å². The second kappa shape index (κ2) is 9.43. The molecule has 2 aromatic rings. The highest BCUT2D eigenvalue weighted by atomic mass is 16.5. The second-order valence-electron chi connectivity index (χ2n) is 7.27. The molecule has 0 radical (unpaired) electrons. The minimum absolute atomic E-state index is 0.0694. The number of carbonyl (C=O) groups is 3. The quantitative estimate of drug-likeness (QED) is 0.708. The summed E-state index contributed by atoms with van der Waals surface area (Å²) in [6, 6.07) is 14.5. The van der Waals surface area contributed by atoms with Crippen LogP contribution in [0.5, 0.6) is 5.75 Å². The van der Waals surface area contributed by atoms with Crippen molar-refractivity contribution in [3.8, 4) is 5.75 Å². The maximum absolute atomic E-state index is 12.5. The van der Waals surface area contributed by atoms with E-state index in [1.54, 1.807) is 29.2 Å². The van der Waals surface area contributed by atoms with E-state index in [1.165, 1.54) is 6.92 Å². The summed E-state index contributed by atoms with van der Waals surface area (Å²) in [7, 11) is 0. The molecule has 3 rings (SSSR count). The molecule has 1 aliphatic heterocycles. The smallest absolute Gasteiger partial charge is 0.312 e. The molecule has 30 heavy (non-hydrogen) atoms. The summed E-state index contributed by atoms with van der Waals surface area (Å²) >= 11 is 0. The van der Waals surface area contributed by atoms with Crippen molar-refractivity contribution >= 4 is 29.2 Å². The van der Waals surface area contributed by atoms with Crippen LogP contribution in [0, 0.1) is 12.8 Å². The highest BCUT2D eigenvalue weighted by Gasteiger charge is 2.37. The van der Waals surface area contributed by atoms with E-state index in [4.69, 9.17) is 9.47 Å². The van der Waals surface area contributed by atoms with E-state index >= 15 is 0 Å². The van der Waals surface area contributed by atoms with Crippen molar-refractivity contribution in [1.82, 2.24) is 0 Å². The molecule has 0 unspecified atom stereocenters. The zero-order valence-corrected chi connectivity index (χ0v) is 17.4. The molecule has 0 aliphatic carbocycles. The molecule has 2 aromatic carbocycles. The van der Waals surface area contributed by atoms with Gasteiger partial charge in [-0.15, -0.1) is 0 Å². The van der Waals surface area contributed by atoms with Crippen LogP contribution in [0.15, 0.2) is 48.5 Å². The summed E-state index contributed by atoms with van der Waals surface area (Å²) in [5.41, 5.74) is 2.42. The Morgan fingerprint density at radius 2 is 1.80 bits per heavy atom. The molecule has 7 nitrogen and oxygen atoms in total. The van der Waals surface area contributed by atoms with Gasteiger partial charge in [0.1, 0.15) is 5.75 Å². The molecule has 0 spiro atoms. The molecule has 1 aliphatic rings. The molecular weight excluding hydrogens is 384 g/mol. The Morgan fingerprint density at radius 3 is 2.43 bits per heavy atom. The molecule has 1 fully saturated rings. The summed E-state index contributed by atoms with van der Waals surface area (Å²) in [5, 5.41) is 2.71. The lowest BCUT2D eigenvalue weighted by Gasteiger charge is -2.18. The predicted molar refractivity (Wildman–Crippen MR) is 113 cm³/mol. The molecule has 0 bridgehead atoms. The first kappa shape index (κ1) is 21.4. The van der Waals surface area contributed by atoms with Gasteiger partial charge in [-0.05, 0) is 57.2 Å². The van der Waals surface area contributed by atoms with Gasteiger partial charge in [0, 0.05) is 24.3 Å². The summed E-state index contributed by atoms with van der Waals surface area (Å²) in [6.07, 6.45) is -0.910. The van der Waals surface area contributed by atoms with Crippen LogP contribution in [0.4, 0.5) is 11.4 Å². The third-order valence-corrected chi connectivity index (χ3v) is 4.90. The maximum atomic E-state index is 12.5. The van der Waals surface area contributed by atoms with Crippen molar-refractivity contribution < 1.29 is 23.9 Å². The molecule has 1 heterocycles. The fraction of sp³-hybridized carbons (Fsp3) is 0.348. The summed E-state index contributed by atoms with van der Waals surface area (Å²) in [5.74, 6) is -1.01. The molecule has 2 atom stereocenters. The lowest BCUT2D eigenvalue weighted by molar-refractivity contribution is -0.157. The van der Waals surface area contributed by atoms with Crippen molar-refractivity contribution in [2.45, 2.75) is 33.3 Å². The largest absolute Gasteiger partial charge is 0.494 e. The number of anilines is 2. The van der Waals surface area contributed by atoms with E-state index in [2.05, 4.69) is 5.32 Å². The molecule has 7 heteroatoms. The number of rotatable bonds is 7. The Balaban J connectivity index is 1.54. The number of amides is 2. The van der Waals surface area contributed by atoms with Crippen LogP contribution < -0.4 is 15.0 Å². The molecule has 0 saturated carbocycles. The number of nitrogens with one attached hydrogen (secondary N) is 1. The first-order valence-corrected chi connectivity index (χ1v) is 9.98. The first-order valence-electron chi connectivity index (χ1n) is 9.98.